The number of benzene rings is 1. The number of carbonyl (C=O) groups is 1. The van der Waals surface area contributed by atoms with Gasteiger partial charge in [-0.3, -0.25) is 9.79 Å². The minimum absolute atomic E-state index is 0.175. The van der Waals surface area contributed by atoms with E-state index < -0.39 is 22.1 Å². The molecule has 0 bridgehead atoms. The van der Waals surface area contributed by atoms with Crippen LogP contribution < -0.4 is 4.23 Å². The standard InChI is InChI=1S/C27H46N2O2SSi2/c1-25(2,3)31-24(30)17-23-28-27(14-15-32-23)19-26(4,5)18-20-12-13-21(16-22(20)27)29(33(6,7)8)34(9,10)11/h12-13,16H,14-15,17-19H2,1-11H3. The van der Waals surface area contributed by atoms with Crippen LogP contribution in [0.2, 0.25) is 39.3 Å². The Balaban J connectivity index is 2.09. The zero-order valence-electron chi connectivity index (χ0n) is 23.4. The summed E-state index contributed by atoms with van der Waals surface area (Å²) < 4.78 is 8.42. The molecule has 4 nitrogen and oxygen atoms in total. The summed E-state index contributed by atoms with van der Waals surface area (Å²) in [6.45, 7) is 25.2. The number of aliphatic imine (C=N–C) groups is 1. The molecule has 190 valence electrons. The molecule has 34 heavy (non-hydrogen) atoms. The molecule has 0 N–H and O–H groups in total. The Hall–Kier alpha value is -1.06. The summed E-state index contributed by atoms with van der Waals surface area (Å²) in [6, 6.07) is 7.23. The van der Waals surface area contributed by atoms with Crippen molar-refractivity contribution >= 4 is 44.9 Å². The fourth-order valence-electron chi connectivity index (χ4n) is 6.12. The fraction of sp³-hybridized carbons (Fsp3) is 0.704. The SMILES string of the molecule is CC1(C)Cc2ccc(N([Si](C)(C)C)[Si](C)(C)C)cc2C2(CCSC(CC(=O)OC(C)(C)C)=N2)C1. The largest absolute Gasteiger partial charge is 0.460 e. The predicted molar refractivity (Wildman–Crippen MR) is 154 cm³/mol. The van der Waals surface area contributed by atoms with Crippen molar-refractivity contribution in [2.24, 2.45) is 10.4 Å². The second-order valence-corrected chi connectivity index (χ2v) is 25.1. The first-order valence-corrected chi connectivity index (χ1v) is 20.6. The van der Waals surface area contributed by atoms with Crippen molar-refractivity contribution in [3.05, 3.63) is 29.3 Å². The Kier molecular flexibility index (Phi) is 7.38. The number of ether oxygens (including phenoxy) is 1. The molecule has 2 aliphatic rings. The summed E-state index contributed by atoms with van der Waals surface area (Å²) >= 11 is 1.73. The lowest BCUT2D eigenvalue weighted by atomic mass is 9.64. The van der Waals surface area contributed by atoms with E-state index in [9.17, 15) is 4.79 Å². The molecular formula is C27H46N2O2SSi2. The highest BCUT2D eigenvalue weighted by molar-refractivity contribution is 8.14. The van der Waals surface area contributed by atoms with Crippen LogP contribution in [-0.2, 0) is 21.5 Å². The van der Waals surface area contributed by atoms with E-state index in [4.69, 9.17) is 9.73 Å². The molecular weight excluding hydrogens is 473 g/mol. The molecule has 3 rings (SSSR count). The highest BCUT2D eigenvalue weighted by Gasteiger charge is 2.46. The minimum Gasteiger partial charge on any atom is -0.460 e. The lowest BCUT2D eigenvalue weighted by Gasteiger charge is -2.49. The zero-order valence-corrected chi connectivity index (χ0v) is 26.2. The molecule has 0 fully saturated rings. The van der Waals surface area contributed by atoms with E-state index in [1.807, 2.05) is 20.8 Å². The van der Waals surface area contributed by atoms with Crippen molar-refractivity contribution in [1.82, 2.24) is 0 Å². The molecule has 1 aliphatic heterocycles. The van der Waals surface area contributed by atoms with Gasteiger partial charge in [0.15, 0.2) is 0 Å². The number of carbonyl (C=O) groups excluding carboxylic acids is 1. The predicted octanol–water partition coefficient (Wildman–Crippen LogP) is 7.60. The van der Waals surface area contributed by atoms with E-state index in [1.165, 1.54) is 16.8 Å². The number of rotatable bonds is 5. The fourth-order valence-corrected chi connectivity index (χ4v) is 17.1. The lowest BCUT2D eigenvalue weighted by Crippen LogP contribution is -2.59. The van der Waals surface area contributed by atoms with Crippen LogP contribution in [0.15, 0.2) is 23.2 Å². The number of anilines is 1. The third-order valence-electron chi connectivity index (χ3n) is 6.47. The molecule has 1 spiro atoms. The van der Waals surface area contributed by atoms with E-state index in [0.29, 0.717) is 0 Å². The Labute approximate surface area is 214 Å². The van der Waals surface area contributed by atoms with Crippen molar-refractivity contribution in [3.8, 4) is 0 Å². The zero-order chi connectivity index (χ0) is 25.7. The van der Waals surface area contributed by atoms with Crippen LogP contribution in [0, 0.1) is 5.41 Å². The maximum Gasteiger partial charge on any atom is 0.312 e. The maximum absolute atomic E-state index is 12.6. The van der Waals surface area contributed by atoms with Gasteiger partial charge in [0.05, 0.1) is 17.0 Å². The van der Waals surface area contributed by atoms with Gasteiger partial charge in [-0.05, 0) is 68.7 Å². The van der Waals surface area contributed by atoms with Gasteiger partial charge in [0, 0.05) is 11.4 Å². The van der Waals surface area contributed by atoms with Gasteiger partial charge in [0.25, 0.3) is 0 Å². The van der Waals surface area contributed by atoms with Crippen molar-refractivity contribution in [2.45, 2.75) is 111 Å². The molecule has 1 aliphatic carbocycles. The topological polar surface area (TPSA) is 41.9 Å². The Morgan fingerprint density at radius 3 is 2.29 bits per heavy atom. The third-order valence-corrected chi connectivity index (χ3v) is 14.7. The smallest absolute Gasteiger partial charge is 0.312 e. The highest BCUT2D eigenvalue weighted by atomic mass is 32.2. The molecule has 1 aromatic rings. The van der Waals surface area contributed by atoms with E-state index >= 15 is 0 Å². The van der Waals surface area contributed by atoms with Gasteiger partial charge in [-0.25, -0.2) is 0 Å². The summed E-state index contributed by atoms with van der Waals surface area (Å²) in [5.74, 6) is 0.816. The molecule has 0 saturated carbocycles. The molecule has 7 heteroatoms. The average Bonchev–Trinajstić information content (AvgIpc) is 2.57. The Bertz CT molecular complexity index is 956. The van der Waals surface area contributed by atoms with E-state index in [2.05, 4.69) is 75.6 Å². The van der Waals surface area contributed by atoms with Gasteiger partial charge in [-0.2, -0.15) is 0 Å². The molecule has 0 radical (unpaired) electrons. The van der Waals surface area contributed by atoms with E-state index in [0.717, 1.165) is 30.1 Å². The summed E-state index contributed by atoms with van der Waals surface area (Å²) in [4.78, 5) is 18.0. The molecule has 1 heterocycles. The molecule has 0 amide bonds. The van der Waals surface area contributed by atoms with Crippen LogP contribution in [0.25, 0.3) is 0 Å². The summed E-state index contributed by atoms with van der Waals surface area (Å²) in [5.41, 5.74) is 3.65. The monoisotopic (exact) mass is 518 g/mol. The van der Waals surface area contributed by atoms with E-state index in [-0.39, 0.29) is 23.3 Å². The van der Waals surface area contributed by atoms with Gasteiger partial charge in [0.2, 0.25) is 0 Å². The lowest BCUT2D eigenvalue weighted by molar-refractivity contribution is -0.153. The Morgan fingerprint density at radius 2 is 1.74 bits per heavy atom. The second-order valence-electron chi connectivity index (χ2n) is 13.9. The number of fused-ring (bicyclic) bond motifs is 2. The molecule has 1 atom stereocenters. The number of nitrogens with zero attached hydrogens (tertiary/aromatic N) is 2. The number of thioether (sulfide) groups is 1. The van der Waals surface area contributed by atoms with Crippen molar-refractivity contribution < 1.29 is 9.53 Å². The first-order valence-electron chi connectivity index (χ1n) is 12.7. The van der Waals surface area contributed by atoms with Crippen LogP contribution in [0.3, 0.4) is 0 Å². The average molecular weight is 519 g/mol. The van der Waals surface area contributed by atoms with Gasteiger partial charge < -0.3 is 8.97 Å². The molecule has 0 saturated heterocycles. The van der Waals surface area contributed by atoms with Crippen LogP contribution in [0.4, 0.5) is 5.69 Å². The summed E-state index contributed by atoms with van der Waals surface area (Å²) in [6.07, 6.45) is 3.40. The van der Waals surface area contributed by atoms with Crippen LogP contribution in [0.1, 0.15) is 65.0 Å². The number of hydrogen-bond acceptors (Lipinski definition) is 5. The second kappa shape index (κ2) is 9.11. The highest BCUT2D eigenvalue weighted by Crippen LogP contribution is 2.52. The van der Waals surface area contributed by atoms with Crippen molar-refractivity contribution in [3.63, 3.8) is 0 Å². The van der Waals surface area contributed by atoms with Crippen LogP contribution >= 0.6 is 11.8 Å². The number of hydrogen-bond donors (Lipinski definition) is 0. The quantitative estimate of drug-likeness (QED) is 0.297. The third kappa shape index (κ3) is 6.38. The molecule has 1 unspecified atom stereocenters. The van der Waals surface area contributed by atoms with Crippen molar-refractivity contribution in [2.75, 3.05) is 9.98 Å². The Morgan fingerprint density at radius 1 is 1.12 bits per heavy atom. The first-order chi connectivity index (χ1) is 15.3. The number of esters is 1. The first kappa shape index (κ1) is 27.5. The minimum atomic E-state index is -1.56. The van der Waals surface area contributed by atoms with Gasteiger partial charge in [-0.1, -0.05) is 59.2 Å². The molecule has 1 aromatic carbocycles. The molecule has 0 aromatic heterocycles. The van der Waals surface area contributed by atoms with E-state index in [1.54, 1.807) is 11.8 Å². The summed E-state index contributed by atoms with van der Waals surface area (Å²) in [7, 11) is -3.12. The van der Waals surface area contributed by atoms with Gasteiger partial charge >= 0.3 is 5.97 Å². The van der Waals surface area contributed by atoms with Gasteiger partial charge in [-0.15, -0.1) is 11.8 Å². The van der Waals surface area contributed by atoms with Crippen LogP contribution in [-0.4, -0.2) is 38.8 Å². The van der Waals surface area contributed by atoms with Gasteiger partial charge in [0.1, 0.15) is 22.1 Å². The summed E-state index contributed by atoms with van der Waals surface area (Å²) in [5, 5.41) is 0.932. The normalized spacial score (nSPS) is 22.7. The maximum atomic E-state index is 12.6. The van der Waals surface area contributed by atoms with Crippen molar-refractivity contribution in [1.29, 1.82) is 0 Å². The van der Waals surface area contributed by atoms with Crippen LogP contribution in [0.5, 0.6) is 0 Å².